The number of aromatic nitrogens is 1. The maximum atomic E-state index is 14.9. The minimum atomic E-state index is -2.25. The predicted octanol–water partition coefficient (Wildman–Crippen LogP) is 6.00. The molecule has 1 aromatic carbocycles. The zero-order chi connectivity index (χ0) is 30.3. The Kier molecular flexibility index (Phi) is 8.83. The van der Waals surface area contributed by atoms with Crippen LogP contribution in [0.25, 0.3) is 0 Å². The van der Waals surface area contributed by atoms with Gasteiger partial charge in [-0.15, -0.1) is 0 Å². The predicted molar refractivity (Wildman–Crippen MR) is 153 cm³/mol. The zero-order valence-electron chi connectivity index (χ0n) is 24.4. The molecular weight excluding hydrogens is 595 g/mol. The summed E-state index contributed by atoms with van der Waals surface area (Å²) in [6, 6.07) is 7.28. The lowest BCUT2D eigenvalue weighted by molar-refractivity contribution is -0.180. The molecule has 2 aromatic rings. The van der Waals surface area contributed by atoms with Gasteiger partial charge in [0.2, 0.25) is 5.54 Å². The summed E-state index contributed by atoms with van der Waals surface area (Å²) in [6.45, 7) is 10.9. The molecular formula is C31H38BrFN2O6. The Morgan fingerprint density at radius 2 is 1.88 bits per heavy atom. The van der Waals surface area contributed by atoms with Gasteiger partial charge in [0.25, 0.3) is 11.8 Å². The summed E-state index contributed by atoms with van der Waals surface area (Å²) in [6.07, 6.45) is 2.76. The van der Waals surface area contributed by atoms with Gasteiger partial charge in [0, 0.05) is 16.2 Å². The van der Waals surface area contributed by atoms with E-state index in [9.17, 15) is 23.6 Å². The summed E-state index contributed by atoms with van der Waals surface area (Å²) < 4.78 is 28.3. The number of hydrogen-bond acceptors (Lipinski definition) is 6. The highest BCUT2D eigenvalue weighted by atomic mass is 79.9. The monoisotopic (exact) mass is 632 g/mol. The second-order valence-corrected chi connectivity index (χ2v) is 13.5. The molecule has 4 unspecified atom stereocenters. The van der Waals surface area contributed by atoms with E-state index < -0.39 is 59.8 Å². The van der Waals surface area contributed by atoms with E-state index in [1.54, 1.807) is 26.8 Å². The van der Waals surface area contributed by atoms with Crippen LogP contribution in [0, 0.1) is 23.6 Å². The van der Waals surface area contributed by atoms with Crippen molar-refractivity contribution in [3.8, 4) is 0 Å². The molecule has 2 heterocycles. The van der Waals surface area contributed by atoms with Crippen molar-refractivity contribution < 1.29 is 33.0 Å². The minimum Gasteiger partial charge on any atom is -0.460 e. The number of fused-ring (bicyclic) bond motifs is 1. The van der Waals surface area contributed by atoms with E-state index in [0.717, 1.165) is 17.7 Å². The normalized spacial score (nSPS) is 24.8. The Balaban J connectivity index is 1.81. The fourth-order valence-corrected chi connectivity index (χ4v) is 6.23. The summed E-state index contributed by atoms with van der Waals surface area (Å²) in [4.78, 5) is 56.5. The van der Waals surface area contributed by atoms with Gasteiger partial charge in [-0.3, -0.25) is 19.3 Å². The third kappa shape index (κ3) is 6.27. The molecule has 1 aromatic heterocycles. The Morgan fingerprint density at radius 1 is 1.17 bits per heavy atom. The second-order valence-electron chi connectivity index (χ2n) is 12.6. The van der Waals surface area contributed by atoms with Gasteiger partial charge in [-0.2, -0.15) is 0 Å². The molecule has 2 aliphatic rings. The number of amides is 2. The number of carbonyl (C=O) groups excluding carboxylic acids is 4. The van der Waals surface area contributed by atoms with Crippen molar-refractivity contribution in [3.63, 3.8) is 0 Å². The minimum absolute atomic E-state index is 0.0139. The van der Waals surface area contributed by atoms with Crippen LogP contribution in [0.1, 0.15) is 83.3 Å². The topological polar surface area (TPSA) is 94.9 Å². The van der Waals surface area contributed by atoms with Crippen LogP contribution in [0.4, 0.5) is 4.39 Å². The number of imide groups is 1. The molecule has 1 fully saturated rings. The molecule has 0 saturated heterocycles. The van der Waals surface area contributed by atoms with E-state index in [4.69, 9.17) is 9.47 Å². The number of hydrogen-bond donors (Lipinski definition) is 0. The van der Waals surface area contributed by atoms with Crippen LogP contribution in [-0.2, 0) is 35.9 Å². The molecule has 41 heavy (non-hydrogen) atoms. The molecule has 1 saturated carbocycles. The molecule has 1 aliphatic heterocycles. The largest absolute Gasteiger partial charge is 0.460 e. The van der Waals surface area contributed by atoms with E-state index in [2.05, 4.69) is 36.7 Å². The van der Waals surface area contributed by atoms with Crippen molar-refractivity contribution in [2.75, 3.05) is 0 Å². The van der Waals surface area contributed by atoms with Gasteiger partial charge in [-0.1, -0.05) is 49.2 Å². The first kappa shape index (κ1) is 30.9. The van der Waals surface area contributed by atoms with Gasteiger partial charge in [-0.05, 0) is 75.6 Å². The number of benzene rings is 1. The summed E-state index contributed by atoms with van der Waals surface area (Å²) in [5.41, 5.74) is -3.05. The van der Waals surface area contributed by atoms with Gasteiger partial charge < -0.3 is 14.0 Å². The van der Waals surface area contributed by atoms with E-state index >= 15 is 0 Å². The molecule has 0 bridgehead atoms. The number of esters is 2. The van der Waals surface area contributed by atoms with E-state index in [0.29, 0.717) is 16.8 Å². The Bertz CT molecular complexity index is 1350. The molecule has 0 N–H and O–H groups in total. The Hall–Kier alpha value is -3.01. The number of halogens is 2. The molecule has 1 aliphatic carbocycles. The Morgan fingerprint density at radius 3 is 2.51 bits per heavy atom. The van der Waals surface area contributed by atoms with Crippen molar-refractivity contribution in [3.05, 3.63) is 58.1 Å². The lowest BCUT2D eigenvalue weighted by atomic mass is 9.75. The molecule has 0 spiro atoms. The van der Waals surface area contributed by atoms with Crippen molar-refractivity contribution in [2.45, 2.75) is 91.0 Å². The number of carbonyl (C=O) groups is 4. The molecule has 0 radical (unpaired) electrons. The molecule has 8 nitrogen and oxygen atoms in total. The average molecular weight is 634 g/mol. The summed E-state index contributed by atoms with van der Waals surface area (Å²) in [5, 5.41) is 0. The molecule has 2 amide bonds. The van der Waals surface area contributed by atoms with Gasteiger partial charge >= 0.3 is 11.9 Å². The van der Waals surface area contributed by atoms with E-state index in [-0.39, 0.29) is 23.1 Å². The molecule has 222 valence electrons. The fourth-order valence-electron chi connectivity index (χ4n) is 5.90. The van der Waals surface area contributed by atoms with Gasteiger partial charge in [0.15, 0.2) is 0 Å². The second kappa shape index (κ2) is 11.7. The van der Waals surface area contributed by atoms with Crippen molar-refractivity contribution in [1.82, 2.24) is 9.47 Å². The van der Waals surface area contributed by atoms with Crippen LogP contribution < -0.4 is 0 Å². The lowest BCUT2D eigenvalue weighted by Crippen LogP contribution is -2.63. The summed E-state index contributed by atoms with van der Waals surface area (Å²) in [7, 11) is 0. The van der Waals surface area contributed by atoms with E-state index in [1.165, 1.54) is 35.0 Å². The van der Waals surface area contributed by atoms with Crippen LogP contribution in [-0.4, -0.2) is 44.9 Å². The lowest BCUT2D eigenvalue weighted by Gasteiger charge is -2.43. The number of rotatable bonds is 7. The maximum Gasteiger partial charge on any atom is 0.343 e. The van der Waals surface area contributed by atoms with Crippen molar-refractivity contribution in [2.24, 2.45) is 17.8 Å². The highest BCUT2D eigenvalue weighted by molar-refractivity contribution is 9.10. The quantitative estimate of drug-likeness (QED) is 0.211. The summed E-state index contributed by atoms with van der Waals surface area (Å²) >= 11 is 3.21. The van der Waals surface area contributed by atoms with Crippen molar-refractivity contribution in [1.29, 1.82) is 0 Å². The first-order chi connectivity index (χ1) is 19.1. The number of ether oxygens (including phenoxy) is 2. The third-order valence-corrected chi connectivity index (χ3v) is 8.44. The average Bonchev–Trinajstić information content (AvgIpc) is 3.35. The maximum absolute atomic E-state index is 14.9. The fraction of sp³-hybridized carbons (Fsp3) is 0.548. The van der Waals surface area contributed by atoms with E-state index in [1.807, 2.05) is 0 Å². The first-order valence-electron chi connectivity index (χ1n) is 14.0. The van der Waals surface area contributed by atoms with Gasteiger partial charge in [-0.25, -0.2) is 9.18 Å². The van der Waals surface area contributed by atoms with Crippen LogP contribution in [0.2, 0.25) is 0 Å². The summed E-state index contributed by atoms with van der Waals surface area (Å²) in [5.74, 6) is -3.41. The highest BCUT2D eigenvalue weighted by Gasteiger charge is 2.59. The Labute approximate surface area is 248 Å². The van der Waals surface area contributed by atoms with Gasteiger partial charge in [0.1, 0.15) is 23.2 Å². The molecule has 10 heteroatoms. The van der Waals surface area contributed by atoms with Crippen LogP contribution in [0.3, 0.4) is 0 Å². The molecule has 4 rings (SSSR count). The highest BCUT2D eigenvalue weighted by Crippen LogP contribution is 2.40. The molecule has 4 atom stereocenters. The van der Waals surface area contributed by atoms with Gasteiger partial charge in [0.05, 0.1) is 13.0 Å². The van der Waals surface area contributed by atoms with Crippen LogP contribution >= 0.6 is 15.9 Å². The standard InChI is InChI=1S/C31H38BrFN2O6/c1-18(2)22-12-9-19(3)14-25(22)40-29(39)31(16-26(36)41-30(4,5)6)28(38)34(27(37)24-8-7-13-35(24)31)17-20-10-11-21(32)15-23(20)33/h7-8,10-11,13,15,18-19,22,25H,9,12,14,16-17H2,1-6H3. The third-order valence-electron chi connectivity index (χ3n) is 7.94. The number of nitrogens with zero attached hydrogens (tertiary/aromatic N) is 2. The van der Waals surface area contributed by atoms with Crippen LogP contribution in [0.5, 0.6) is 0 Å². The van der Waals surface area contributed by atoms with Crippen molar-refractivity contribution >= 4 is 39.7 Å². The smallest absolute Gasteiger partial charge is 0.343 e. The first-order valence-corrected chi connectivity index (χ1v) is 14.8. The SMILES string of the molecule is CC1CCC(C(C)C)C(OC(=O)C2(CC(=O)OC(C)(C)C)C(=O)N(Cc3ccc(Br)cc3F)C(=O)c3cccn32)C1. The zero-order valence-corrected chi connectivity index (χ0v) is 26.0. The van der Waals surface area contributed by atoms with Crippen LogP contribution in [0.15, 0.2) is 41.0 Å².